The third-order valence-corrected chi connectivity index (χ3v) is 1.43. The Kier molecular flexibility index (Phi) is 0.989. The van der Waals surface area contributed by atoms with Crippen molar-refractivity contribution in [3.05, 3.63) is 12.7 Å². The van der Waals surface area contributed by atoms with Gasteiger partial charge in [-0.3, -0.25) is 0 Å². The molecule has 48 valence electrons. The normalized spacial score (nSPS) is 19.6. The highest BCUT2D eigenvalue weighted by Gasteiger charge is 2.19. The molecule has 0 unspecified atom stereocenters. The summed E-state index contributed by atoms with van der Waals surface area (Å²) >= 11 is 0. The predicted octanol–water partition coefficient (Wildman–Crippen LogP) is -0.151. The number of hydrogen-bond acceptors (Lipinski definition) is 3. The van der Waals surface area contributed by atoms with Crippen LogP contribution in [0.25, 0.3) is 0 Å². The summed E-state index contributed by atoms with van der Waals surface area (Å²) in [6.07, 6.45) is 3.26. The highest BCUT2D eigenvalue weighted by molar-refractivity contribution is 4.72. The zero-order chi connectivity index (χ0) is 6.10. The minimum Gasteiger partial charge on any atom is -0.377 e. The molecule has 1 aliphatic heterocycles. The van der Waals surface area contributed by atoms with E-state index in [1.54, 1.807) is 12.7 Å². The average molecular weight is 125 g/mol. The van der Waals surface area contributed by atoms with Gasteiger partial charge < -0.3 is 4.74 Å². The predicted molar refractivity (Wildman–Crippen MR) is 29.9 cm³/mol. The summed E-state index contributed by atoms with van der Waals surface area (Å²) in [4.78, 5) is 3.82. The third kappa shape index (κ3) is 0.712. The molecule has 0 radical (unpaired) electrons. The van der Waals surface area contributed by atoms with E-state index in [0.29, 0.717) is 6.04 Å². The molecule has 4 heteroatoms. The molecule has 1 saturated heterocycles. The molecule has 0 aromatic carbocycles. The molecule has 4 nitrogen and oxygen atoms in total. The van der Waals surface area contributed by atoms with Crippen molar-refractivity contribution in [2.45, 2.75) is 6.04 Å². The molecule has 0 atom stereocenters. The highest BCUT2D eigenvalue weighted by Crippen LogP contribution is 2.13. The van der Waals surface area contributed by atoms with E-state index in [2.05, 4.69) is 10.1 Å². The van der Waals surface area contributed by atoms with Crippen molar-refractivity contribution in [3.63, 3.8) is 0 Å². The van der Waals surface area contributed by atoms with Crippen molar-refractivity contribution in [1.82, 2.24) is 14.8 Å². The number of nitrogens with zero attached hydrogens (tertiary/aromatic N) is 3. The van der Waals surface area contributed by atoms with Gasteiger partial charge in [0.1, 0.15) is 18.7 Å². The van der Waals surface area contributed by atoms with Gasteiger partial charge in [-0.25, -0.2) is 9.67 Å². The third-order valence-electron chi connectivity index (χ3n) is 1.43. The van der Waals surface area contributed by atoms with Gasteiger partial charge in [-0.2, -0.15) is 5.10 Å². The summed E-state index contributed by atoms with van der Waals surface area (Å²) in [6, 6.07) is 0.437. The Morgan fingerprint density at radius 1 is 1.56 bits per heavy atom. The van der Waals surface area contributed by atoms with Crippen molar-refractivity contribution in [2.24, 2.45) is 0 Å². The number of hydrogen-bond donors (Lipinski definition) is 0. The van der Waals surface area contributed by atoms with Crippen molar-refractivity contribution in [3.8, 4) is 0 Å². The zero-order valence-corrected chi connectivity index (χ0v) is 4.90. The Morgan fingerprint density at radius 2 is 2.44 bits per heavy atom. The Morgan fingerprint density at radius 3 is 2.89 bits per heavy atom. The standard InChI is InChI=1S/C5H7N3O/c1-5(2-9-1)8-4-6-3-7-8/h3-5H,1-2H2. The maximum atomic E-state index is 4.97. The lowest BCUT2D eigenvalue weighted by Crippen LogP contribution is -2.30. The fourth-order valence-electron chi connectivity index (χ4n) is 0.782. The van der Waals surface area contributed by atoms with E-state index in [-0.39, 0.29) is 0 Å². The summed E-state index contributed by atoms with van der Waals surface area (Å²) in [5, 5.41) is 3.96. The van der Waals surface area contributed by atoms with Crippen molar-refractivity contribution < 1.29 is 4.74 Å². The van der Waals surface area contributed by atoms with Crippen LogP contribution in [0.15, 0.2) is 12.7 Å². The van der Waals surface area contributed by atoms with Crippen molar-refractivity contribution in [2.75, 3.05) is 13.2 Å². The van der Waals surface area contributed by atoms with Gasteiger partial charge in [-0.1, -0.05) is 0 Å². The molecule has 1 aliphatic rings. The quantitative estimate of drug-likeness (QED) is 0.524. The molecule has 1 aromatic heterocycles. The van der Waals surface area contributed by atoms with Crippen LogP contribution in [-0.2, 0) is 4.74 Å². The topological polar surface area (TPSA) is 39.9 Å². The van der Waals surface area contributed by atoms with Crippen molar-refractivity contribution >= 4 is 0 Å². The van der Waals surface area contributed by atoms with Gasteiger partial charge in [-0.15, -0.1) is 0 Å². The Balaban J connectivity index is 2.14. The second-order valence-corrected chi connectivity index (χ2v) is 2.07. The summed E-state index contributed by atoms with van der Waals surface area (Å²) in [6.45, 7) is 1.56. The van der Waals surface area contributed by atoms with E-state index in [1.807, 2.05) is 4.68 Å². The molecular formula is C5H7N3O. The molecular weight excluding hydrogens is 118 g/mol. The molecule has 0 N–H and O–H groups in total. The van der Waals surface area contributed by atoms with Gasteiger partial charge >= 0.3 is 0 Å². The van der Waals surface area contributed by atoms with E-state index < -0.39 is 0 Å². The SMILES string of the molecule is c1ncn(C2COC2)n1. The lowest BCUT2D eigenvalue weighted by atomic mass is 10.3. The first-order chi connectivity index (χ1) is 4.47. The Bertz CT molecular complexity index is 180. The number of ether oxygens (including phenoxy) is 1. The number of rotatable bonds is 1. The first-order valence-electron chi connectivity index (χ1n) is 2.88. The van der Waals surface area contributed by atoms with Crippen LogP contribution in [0.2, 0.25) is 0 Å². The zero-order valence-electron chi connectivity index (χ0n) is 4.90. The largest absolute Gasteiger partial charge is 0.377 e. The second-order valence-electron chi connectivity index (χ2n) is 2.07. The fourth-order valence-corrected chi connectivity index (χ4v) is 0.782. The monoisotopic (exact) mass is 125 g/mol. The van der Waals surface area contributed by atoms with Crippen LogP contribution in [0, 0.1) is 0 Å². The molecule has 2 rings (SSSR count). The van der Waals surface area contributed by atoms with Crippen LogP contribution in [-0.4, -0.2) is 28.0 Å². The molecule has 0 bridgehead atoms. The summed E-state index contributed by atoms with van der Waals surface area (Å²) in [5.41, 5.74) is 0. The highest BCUT2D eigenvalue weighted by atomic mass is 16.5. The Labute approximate surface area is 52.5 Å². The molecule has 2 heterocycles. The molecule has 0 saturated carbocycles. The lowest BCUT2D eigenvalue weighted by Gasteiger charge is -2.25. The van der Waals surface area contributed by atoms with Crippen LogP contribution < -0.4 is 0 Å². The van der Waals surface area contributed by atoms with E-state index in [1.165, 1.54) is 0 Å². The van der Waals surface area contributed by atoms with Gasteiger partial charge in [0.05, 0.1) is 13.2 Å². The van der Waals surface area contributed by atoms with Crippen LogP contribution in [0.5, 0.6) is 0 Å². The van der Waals surface area contributed by atoms with Gasteiger partial charge in [0.2, 0.25) is 0 Å². The molecule has 0 amide bonds. The first-order valence-corrected chi connectivity index (χ1v) is 2.88. The summed E-state index contributed by atoms with van der Waals surface area (Å²) in [7, 11) is 0. The maximum Gasteiger partial charge on any atom is 0.137 e. The molecule has 1 aromatic rings. The Hall–Kier alpha value is -0.900. The first kappa shape index (κ1) is 4.93. The van der Waals surface area contributed by atoms with Gasteiger partial charge in [-0.05, 0) is 0 Å². The van der Waals surface area contributed by atoms with E-state index >= 15 is 0 Å². The summed E-state index contributed by atoms with van der Waals surface area (Å²) < 4.78 is 6.79. The number of aromatic nitrogens is 3. The van der Waals surface area contributed by atoms with E-state index in [9.17, 15) is 0 Å². The lowest BCUT2D eigenvalue weighted by molar-refractivity contribution is -0.0288. The second kappa shape index (κ2) is 1.80. The van der Waals surface area contributed by atoms with Gasteiger partial charge in [0.25, 0.3) is 0 Å². The smallest absolute Gasteiger partial charge is 0.137 e. The van der Waals surface area contributed by atoms with Crippen LogP contribution in [0.3, 0.4) is 0 Å². The van der Waals surface area contributed by atoms with Crippen LogP contribution in [0.1, 0.15) is 6.04 Å². The van der Waals surface area contributed by atoms with Gasteiger partial charge in [0.15, 0.2) is 0 Å². The summed E-state index contributed by atoms with van der Waals surface area (Å²) in [5.74, 6) is 0. The maximum absolute atomic E-state index is 4.97. The molecule has 0 spiro atoms. The molecule has 1 fully saturated rings. The van der Waals surface area contributed by atoms with E-state index in [0.717, 1.165) is 13.2 Å². The fraction of sp³-hybridized carbons (Fsp3) is 0.600. The average Bonchev–Trinajstić information content (AvgIpc) is 2.11. The van der Waals surface area contributed by atoms with Gasteiger partial charge in [0, 0.05) is 0 Å². The van der Waals surface area contributed by atoms with Crippen LogP contribution >= 0.6 is 0 Å². The van der Waals surface area contributed by atoms with Crippen molar-refractivity contribution in [1.29, 1.82) is 0 Å². The van der Waals surface area contributed by atoms with E-state index in [4.69, 9.17) is 4.74 Å². The molecule has 0 aliphatic carbocycles. The minimum atomic E-state index is 0.437. The minimum absolute atomic E-state index is 0.437. The van der Waals surface area contributed by atoms with Crippen LogP contribution in [0.4, 0.5) is 0 Å². The molecule has 9 heavy (non-hydrogen) atoms.